The first kappa shape index (κ1) is 15.8. The van der Waals surface area contributed by atoms with Gasteiger partial charge < -0.3 is 4.98 Å². The number of rotatable bonds is 9. The molecule has 0 bridgehead atoms. The van der Waals surface area contributed by atoms with Crippen molar-refractivity contribution < 1.29 is 0 Å². The fourth-order valence-corrected chi connectivity index (χ4v) is 4.07. The second-order valence-corrected chi connectivity index (χ2v) is 6.84. The molecule has 104 valence electrons. The lowest BCUT2D eigenvalue weighted by molar-refractivity contribution is 0.479. The fraction of sp³-hybridized carbons (Fsp3) is 0.733. The molecular weight excluding hydrogens is 258 g/mol. The SMILES string of the molecule is CCCCCCCC(CCC)C1=C[SiH2]NC(Cl)=C1. The number of unbranched alkanes of at least 4 members (excludes halogenated alkanes) is 4. The first-order valence-corrected chi connectivity index (χ1v) is 9.49. The second-order valence-electron chi connectivity index (χ2n) is 5.27. The minimum absolute atomic E-state index is 0.295. The highest BCUT2D eigenvalue weighted by Gasteiger charge is 2.14. The predicted octanol–water partition coefficient (Wildman–Crippen LogP) is 4.41. The summed E-state index contributed by atoms with van der Waals surface area (Å²) in [5.41, 5.74) is 3.96. The van der Waals surface area contributed by atoms with E-state index < -0.39 is 0 Å². The average Bonchev–Trinajstić information content (AvgIpc) is 2.37. The number of allylic oxidation sites excluding steroid dienone is 2. The monoisotopic (exact) mass is 285 g/mol. The van der Waals surface area contributed by atoms with Gasteiger partial charge in [-0.25, -0.2) is 0 Å². The Morgan fingerprint density at radius 1 is 1.11 bits per heavy atom. The average molecular weight is 286 g/mol. The number of nitrogens with one attached hydrogen (secondary N) is 1. The summed E-state index contributed by atoms with van der Waals surface area (Å²) < 4.78 is 0. The lowest BCUT2D eigenvalue weighted by Crippen LogP contribution is -2.20. The molecule has 1 aliphatic heterocycles. The summed E-state index contributed by atoms with van der Waals surface area (Å²) in [4.78, 5) is 3.28. The maximum Gasteiger partial charge on any atom is 0.146 e. The Morgan fingerprint density at radius 2 is 1.89 bits per heavy atom. The van der Waals surface area contributed by atoms with Crippen molar-refractivity contribution in [1.29, 1.82) is 0 Å². The van der Waals surface area contributed by atoms with E-state index in [0.717, 1.165) is 11.1 Å². The third-order valence-corrected chi connectivity index (χ3v) is 5.39. The van der Waals surface area contributed by atoms with Crippen LogP contribution in [0.4, 0.5) is 0 Å². The van der Waals surface area contributed by atoms with E-state index >= 15 is 0 Å². The molecule has 0 aliphatic carbocycles. The van der Waals surface area contributed by atoms with Crippen molar-refractivity contribution in [3.63, 3.8) is 0 Å². The minimum Gasteiger partial charge on any atom is -0.403 e. The van der Waals surface area contributed by atoms with E-state index in [9.17, 15) is 0 Å². The zero-order chi connectivity index (χ0) is 13.2. The van der Waals surface area contributed by atoms with Gasteiger partial charge >= 0.3 is 0 Å². The van der Waals surface area contributed by atoms with Gasteiger partial charge in [-0.2, -0.15) is 0 Å². The van der Waals surface area contributed by atoms with Gasteiger partial charge in [0, 0.05) is 0 Å². The van der Waals surface area contributed by atoms with Crippen molar-refractivity contribution in [1.82, 2.24) is 4.98 Å². The van der Waals surface area contributed by atoms with Crippen molar-refractivity contribution >= 4 is 21.3 Å². The highest BCUT2D eigenvalue weighted by atomic mass is 35.5. The third-order valence-electron chi connectivity index (χ3n) is 3.67. The van der Waals surface area contributed by atoms with Gasteiger partial charge in [-0.1, -0.05) is 69.7 Å². The molecule has 1 heterocycles. The van der Waals surface area contributed by atoms with Gasteiger partial charge in [0.25, 0.3) is 0 Å². The van der Waals surface area contributed by atoms with E-state index in [0.29, 0.717) is 0 Å². The molecule has 0 amide bonds. The number of hydrogen-bond donors (Lipinski definition) is 1. The smallest absolute Gasteiger partial charge is 0.146 e. The molecular formula is C15H28ClNSi. The Morgan fingerprint density at radius 3 is 2.56 bits per heavy atom. The van der Waals surface area contributed by atoms with Gasteiger partial charge in [0.1, 0.15) is 9.68 Å². The van der Waals surface area contributed by atoms with E-state index in [1.54, 1.807) is 0 Å². The van der Waals surface area contributed by atoms with Crippen molar-refractivity contribution in [3.05, 3.63) is 22.5 Å². The summed E-state index contributed by atoms with van der Waals surface area (Å²) in [5.74, 6) is 0.750. The summed E-state index contributed by atoms with van der Waals surface area (Å²) in [7, 11) is -0.295. The Labute approximate surface area is 120 Å². The van der Waals surface area contributed by atoms with Crippen LogP contribution in [0, 0.1) is 5.92 Å². The highest BCUT2D eigenvalue weighted by Crippen LogP contribution is 2.27. The molecule has 0 saturated heterocycles. The summed E-state index contributed by atoms with van der Waals surface area (Å²) >= 11 is 6.10. The quantitative estimate of drug-likeness (QED) is 0.376. The van der Waals surface area contributed by atoms with Crippen LogP contribution in [-0.4, -0.2) is 9.68 Å². The Kier molecular flexibility index (Phi) is 8.52. The van der Waals surface area contributed by atoms with E-state index in [1.807, 2.05) is 0 Å². The number of halogens is 1. The third kappa shape index (κ3) is 6.10. The molecule has 0 spiro atoms. The van der Waals surface area contributed by atoms with Crippen LogP contribution in [-0.2, 0) is 0 Å². The van der Waals surface area contributed by atoms with Gasteiger partial charge in [0.05, 0.1) is 5.16 Å². The molecule has 0 fully saturated rings. The van der Waals surface area contributed by atoms with Crippen LogP contribution in [0.5, 0.6) is 0 Å². The fourth-order valence-electron chi connectivity index (χ4n) is 2.63. The Bertz CT molecular complexity index is 286. The Hall–Kier alpha value is -0.213. The van der Waals surface area contributed by atoms with Crippen LogP contribution >= 0.6 is 11.6 Å². The van der Waals surface area contributed by atoms with E-state index in [2.05, 4.69) is 30.6 Å². The molecule has 1 unspecified atom stereocenters. The van der Waals surface area contributed by atoms with Crippen LogP contribution in [0.2, 0.25) is 0 Å². The summed E-state index contributed by atoms with van der Waals surface area (Å²) in [6.07, 6.45) is 13.0. The molecule has 1 nitrogen and oxygen atoms in total. The van der Waals surface area contributed by atoms with E-state index in [-0.39, 0.29) is 9.68 Å². The summed E-state index contributed by atoms with van der Waals surface area (Å²) in [6.45, 7) is 4.56. The van der Waals surface area contributed by atoms with Crippen LogP contribution in [0.1, 0.15) is 65.2 Å². The first-order valence-electron chi connectivity index (χ1n) is 7.59. The molecule has 1 rings (SSSR count). The maximum atomic E-state index is 6.10. The number of hydrogen-bond acceptors (Lipinski definition) is 1. The molecule has 3 heteroatoms. The standard InChI is InChI=1S/C15H28ClNSi/c1-3-5-6-7-8-10-13(9-4-2)14-11-15(16)17-18-12-14/h11-13,17H,3-10,18H2,1-2H3. The van der Waals surface area contributed by atoms with Crippen LogP contribution in [0.15, 0.2) is 22.5 Å². The zero-order valence-corrected chi connectivity index (χ0v) is 14.1. The van der Waals surface area contributed by atoms with Crippen LogP contribution in [0.3, 0.4) is 0 Å². The lowest BCUT2D eigenvalue weighted by Gasteiger charge is -2.21. The minimum atomic E-state index is -0.295. The van der Waals surface area contributed by atoms with Crippen molar-refractivity contribution in [2.45, 2.75) is 65.2 Å². The largest absolute Gasteiger partial charge is 0.403 e. The van der Waals surface area contributed by atoms with Gasteiger partial charge in [0.15, 0.2) is 0 Å². The summed E-state index contributed by atoms with van der Waals surface area (Å²) in [6, 6.07) is 0. The molecule has 1 atom stereocenters. The predicted molar refractivity (Wildman–Crippen MR) is 85.5 cm³/mol. The van der Waals surface area contributed by atoms with Gasteiger partial charge in [-0.05, 0) is 30.4 Å². The van der Waals surface area contributed by atoms with Gasteiger partial charge in [0.2, 0.25) is 0 Å². The van der Waals surface area contributed by atoms with Gasteiger partial charge in [-0.3, -0.25) is 0 Å². The molecule has 0 aromatic carbocycles. The molecule has 0 saturated carbocycles. The normalized spacial score (nSPS) is 18.2. The molecule has 0 aromatic rings. The van der Waals surface area contributed by atoms with E-state index in [1.165, 1.54) is 56.9 Å². The lowest BCUT2D eigenvalue weighted by atomic mass is 9.89. The molecule has 0 aromatic heterocycles. The molecule has 1 aliphatic rings. The first-order chi connectivity index (χ1) is 8.77. The highest BCUT2D eigenvalue weighted by molar-refractivity contribution is 6.45. The van der Waals surface area contributed by atoms with Crippen molar-refractivity contribution in [2.75, 3.05) is 0 Å². The van der Waals surface area contributed by atoms with Crippen LogP contribution in [0.25, 0.3) is 0 Å². The zero-order valence-electron chi connectivity index (χ0n) is 12.0. The van der Waals surface area contributed by atoms with Crippen molar-refractivity contribution in [3.8, 4) is 0 Å². The molecule has 1 N–H and O–H groups in total. The molecule has 18 heavy (non-hydrogen) atoms. The topological polar surface area (TPSA) is 12.0 Å². The van der Waals surface area contributed by atoms with Crippen molar-refractivity contribution in [2.24, 2.45) is 5.92 Å². The van der Waals surface area contributed by atoms with Crippen LogP contribution < -0.4 is 4.98 Å². The maximum absolute atomic E-state index is 6.10. The Balaban J connectivity index is 2.37. The molecule has 0 radical (unpaired) electrons. The second kappa shape index (κ2) is 9.68. The van der Waals surface area contributed by atoms with Gasteiger partial charge in [-0.15, -0.1) is 0 Å². The summed E-state index contributed by atoms with van der Waals surface area (Å²) in [5, 5.41) is 0.867. The van der Waals surface area contributed by atoms with E-state index in [4.69, 9.17) is 11.6 Å².